The zero-order valence-electron chi connectivity index (χ0n) is 20.4. The van der Waals surface area contributed by atoms with E-state index in [2.05, 4.69) is 29.5 Å². The van der Waals surface area contributed by atoms with Gasteiger partial charge in [0.2, 0.25) is 11.7 Å². The lowest BCUT2D eigenvalue weighted by molar-refractivity contribution is -0.118. The molecule has 2 N–H and O–H groups in total. The Morgan fingerprint density at radius 2 is 1.77 bits per heavy atom. The number of allylic oxidation sites excluding steroid dienone is 1. The topological polar surface area (TPSA) is 107 Å². The van der Waals surface area contributed by atoms with Gasteiger partial charge in [-0.1, -0.05) is 26.0 Å². The number of carbonyl (C=O) groups is 1. The van der Waals surface area contributed by atoms with Crippen LogP contribution in [-0.2, 0) is 4.79 Å². The second-order valence-corrected chi connectivity index (χ2v) is 9.41. The van der Waals surface area contributed by atoms with Gasteiger partial charge in [-0.25, -0.2) is 4.99 Å². The maximum atomic E-state index is 13.3. The van der Waals surface area contributed by atoms with Crippen molar-refractivity contribution in [2.75, 3.05) is 26.6 Å². The van der Waals surface area contributed by atoms with Gasteiger partial charge in [-0.3, -0.25) is 10.1 Å². The Morgan fingerprint density at radius 3 is 2.43 bits per heavy atom. The Balaban J connectivity index is 1.60. The minimum absolute atomic E-state index is 0.0622. The lowest BCUT2D eigenvalue weighted by Gasteiger charge is -2.37. The van der Waals surface area contributed by atoms with Gasteiger partial charge in [0.1, 0.15) is 11.6 Å². The summed E-state index contributed by atoms with van der Waals surface area (Å²) < 4.78 is 22.4. The van der Waals surface area contributed by atoms with Crippen LogP contribution in [0, 0.1) is 5.41 Å². The molecule has 0 radical (unpaired) electrons. The van der Waals surface area contributed by atoms with Crippen LogP contribution in [0.1, 0.15) is 38.3 Å². The summed E-state index contributed by atoms with van der Waals surface area (Å²) in [5, 5.41) is 6.48. The van der Waals surface area contributed by atoms with Crippen LogP contribution in [0.2, 0.25) is 0 Å². The summed E-state index contributed by atoms with van der Waals surface area (Å²) in [6.45, 7) is 4.18. The number of aromatic nitrogens is 1. The first kappa shape index (κ1) is 22.8. The largest absolute Gasteiger partial charge is 0.493 e. The van der Waals surface area contributed by atoms with Crippen LogP contribution in [0.3, 0.4) is 0 Å². The summed E-state index contributed by atoms with van der Waals surface area (Å²) in [6, 6.07) is 10.9. The molecule has 2 aliphatic rings. The number of Topliss-reactive ketones (excluding diaryl/α,β-unsaturated/α-hetero) is 1. The van der Waals surface area contributed by atoms with Gasteiger partial charge >= 0.3 is 6.01 Å². The van der Waals surface area contributed by atoms with E-state index in [4.69, 9.17) is 23.6 Å². The number of methoxy groups -OCH3 is 3. The molecular formula is C26H28N4O5. The maximum Gasteiger partial charge on any atom is 0.302 e. The SMILES string of the molecule is COc1cc(C2N=C(Nc3nc4ccccc4o3)NC3=C2C(=O)CC(C)(C)C3)cc(OC)c1OC. The summed E-state index contributed by atoms with van der Waals surface area (Å²) in [7, 11) is 4.68. The van der Waals surface area contributed by atoms with Crippen LogP contribution in [0.25, 0.3) is 11.1 Å². The lowest BCUT2D eigenvalue weighted by Crippen LogP contribution is -2.41. The molecule has 5 rings (SSSR count). The van der Waals surface area contributed by atoms with Crippen molar-refractivity contribution >= 4 is 28.9 Å². The molecule has 9 heteroatoms. The van der Waals surface area contributed by atoms with E-state index in [1.165, 1.54) is 0 Å². The number of para-hydroxylation sites is 2. The van der Waals surface area contributed by atoms with Gasteiger partial charge in [0.15, 0.2) is 22.9 Å². The quantitative estimate of drug-likeness (QED) is 0.550. The first-order chi connectivity index (χ1) is 16.8. The highest BCUT2D eigenvalue weighted by Crippen LogP contribution is 2.46. The smallest absolute Gasteiger partial charge is 0.302 e. The zero-order valence-corrected chi connectivity index (χ0v) is 20.4. The van der Waals surface area contributed by atoms with E-state index in [0.29, 0.717) is 53.2 Å². The number of fused-ring (bicyclic) bond motifs is 1. The van der Waals surface area contributed by atoms with Gasteiger partial charge in [-0.05, 0) is 41.7 Å². The third kappa shape index (κ3) is 4.18. The lowest BCUT2D eigenvalue weighted by atomic mass is 9.73. The number of hydrogen-bond acceptors (Lipinski definition) is 9. The van der Waals surface area contributed by atoms with Gasteiger partial charge in [-0.2, -0.15) is 4.98 Å². The van der Waals surface area contributed by atoms with Crippen molar-refractivity contribution in [2.45, 2.75) is 32.7 Å². The molecule has 0 spiro atoms. The van der Waals surface area contributed by atoms with Crippen LogP contribution in [0.5, 0.6) is 17.2 Å². The van der Waals surface area contributed by atoms with E-state index in [1.807, 2.05) is 36.4 Å². The Hall–Kier alpha value is -4.01. The molecule has 0 amide bonds. The molecule has 2 aromatic carbocycles. The highest BCUT2D eigenvalue weighted by atomic mass is 16.5. The molecule has 1 unspecified atom stereocenters. The average molecular weight is 477 g/mol. The molecule has 9 nitrogen and oxygen atoms in total. The summed E-state index contributed by atoms with van der Waals surface area (Å²) in [5.74, 6) is 1.98. The fourth-order valence-electron chi connectivity index (χ4n) is 4.72. The molecule has 0 saturated heterocycles. The van der Waals surface area contributed by atoms with Crippen molar-refractivity contribution in [1.82, 2.24) is 10.3 Å². The second kappa shape index (κ2) is 8.65. The van der Waals surface area contributed by atoms with Crippen LogP contribution in [0.4, 0.5) is 6.01 Å². The standard InChI is InChI=1S/C26H28N4O5/c1-26(2)12-16-21(17(31)13-26)22(14-10-19(32-3)23(34-5)20(11-14)33-4)29-24(27-16)30-25-28-15-8-6-7-9-18(15)35-25/h6-11,22H,12-13H2,1-5H3,(H2,27,28,29,30). The average Bonchev–Trinajstić information content (AvgIpc) is 3.23. The number of hydrogen-bond donors (Lipinski definition) is 2. The van der Waals surface area contributed by atoms with E-state index >= 15 is 0 Å². The fraction of sp³-hybridized carbons (Fsp3) is 0.346. The zero-order chi connectivity index (χ0) is 24.7. The van der Waals surface area contributed by atoms with Crippen molar-refractivity contribution in [3.8, 4) is 17.2 Å². The van der Waals surface area contributed by atoms with Crippen LogP contribution in [-0.4, -0.2) is 38.1 Å². The minimum atomic E-state index is -0.574. The van der Waals surface area contributed by atoms with Crippen LogP contribution in [0.15, 0.2) is 57.1 Å². The molecule has 182 valence electrons. The molecule has 1 atom stereocenters. The summed E-state index contributed by atoms with van der Waals surface area (Å²) in [6.07, 6.45) is 1.14. The minimum Gasteiger partial charge on any atom is -0.493 e. The van der Waals surface area contributed by atoms with E-state index in [9.17, 15) is 4.79 Å². The Bertz CT molecular complexity index is 1310. The number of carbonyl (C=O) groups excluding carboxylic acids is 1. The molecular weight excluding hydrogens is 448 g/mol. The number of benzene rings is 2. The van der Waals surface area contributed by atoms with E-state index in [-0.39, 0.29) is 11.2 Å². The van der Waals surface area contributed by atoms with Gasteiger partial charge in [-0.15, -0.1) is 0 Å². The molecule has 0 bridgehead atoms. The van der Waals surface area contributed by atoms with Crippen molar-refractivity contribution in [3.63, 3.8) is 0 Å². The number of nitrogens with one attached hydrogen (secondary N) is 2. The molecule has 3 aromatic rings. The Kier molecular flexibility index (Phi) is 5.62. The first-order valence-corrected chi connectivity index (χ1v) is 11.4. The van der Waals surface area contributed by atoms with Crippen molar-refractivity contribution in [1.29, 1.82) is 0 Å². The van der Waals surface area contributed by atoms with E-state index < -0.39 is 6.04 Å². The number of aliphatic imine (C=N–C) groups is 1. The Morgan fingerprint density at radius 1 is 1.06 bits per heavy atom. The third-order valence-corrected chi connectivity index (χ3v) is 6.24. The molecule has 1 aliphatic carbocycles. The molecule has 0 saturated carbocycles. The van der Waals surface area contributed by atoms with Gasteiger partial charge in [0.25, 0.3) is 0 Å². The highest BCUT2D eigenvalue weighted by Gasteiger charge is 2.40. The second-order valence-electron chi connectivity index (χ2n) is 9.41. The fourth-order valence-corrected chi connectivity index (χ4v) is 4.72. The normalized spacial score (nSPS) is 19.1. The molecule has 2 heterocycles. The van der Waals surface area contributed by atoms with Crippen LogP contribution < -0.4 is 24.8 Å². The maximum absolute atomic E-state index is 13.3. The molecule has 1 aromatic heterocycles. The Labute approximate surface area is 203 Å². The number of ketones is 1. The third-order valence-electron chi connectivity index (χ3n) is 6.24. The van der Waals surface area contributed by atoms with Gasteiger partial charge in [0.05, 0.1) is 21.3 Å². The highest BCUT2D eigenvalue weighted by molar-refractivity contribution is 6.03. The summed E-state index contributed by atoms with van der Waals surface area (Å²) in [5.41, 5.74) is 3.45. The summed E-state index contributed by atoms with van der Waals surface area (Å²) >= 11 is 0. The molecule has 0 fully saturated rings. The number of guanidine groups is 1. The predicted molar refractivity (Wildman–Crippen MR) is 132 cm³/mol. The first-order valence-electron chi connectivity index (χ1n) is 11.4. The number of ether oxygens (including phenoxy) is 3. The van der Waals surface area contributed by atoms with Crippen LogP contribution >= 0.6 is 0 Å². The molecule has 1 aliphatic heterocycles. The number of anilines is 1. The molecule has 35 heavy (non-hydrogen) atoms. The van der Waals surface area contributed by atoms with E-state index in [1.54, 1.807) is 21.3 Å². The van der Waals surface area contributed by atoms with Gasteiger partial charge < -0.3 is 23.9 Å². The predicted octanol–water partition coefficient (Wildman–Crippen LogP) is 4.61. The monoisotopic (exact) mass is 476 g/mol. The summed E-state index contributed by atoms with van der Waals surface area (Å²) in [4.78, 5) is 22.7. The van der Waals surface area contributed by atoms with Crippen molar-refractivity contribution in [3.05, 3.63) is 53.2 Å². The van der Waals surface area contributed by atoms with E-state index in [0.717, 1.165) is 16.8 Å². The number of rotatable bonds is 5. The van der Waals surface area contributed by atoms with Gasteiger partial charge in [0, 0.05) is 17.7 Å². The van der Waals surface area contributed by atoms with Crippen molar-refractivity contribution < 1.29 is 23.4 Å². The van der Waals surface area contributed by atoms with Crippen molar-refractivity contribution in [2.24, 2.45) is 10.4 Å². The number of nitrogens with zero attached hydrogens (tertiary/aromatic N) is 2. The number of oxazole rings is 1.